The van der Waals surface area contributed by atoms with Gasteiger partial charge in [-0.3, -0.25) is 4.79 Å². The fourth-order valence-corrected chi connectivity index (χ4v) is 2.53. The van der Waals surface area contributed by atoms with Crippen LogP contribution in [0.3, 0.4) is 0 Å². The van der Waals surface area contributed by atoms with Crippen molar-refractivity contribution in [1.82, 2.24) is 5.32 Å². The molecular formula is C14H19NO4. The molecule has 19 heavy (non-hydrogen) atoms. The molecule has 2 rings (SSSR count). The zero-order valence-corrected chi connectivity index (χ0v) is 11.4. The number of methoxy groups -OCH3 is 3. The maximum Gasteiger partial charge on any atom is 0.310 e. The van der Waals surface area contributed by atoms with E-state index in [1.165, 1.54) is 7.11 Å². The average Bonchev–Trinajstić information content (AvgIpc) is 2.94. The molecule has 0 bridgehead atoms. The van der Waals surface area contributed by atoms with Crippen LogP contribution in [-0.2, 0) is 9.53 Å². The molecule has 1 aromatic carbocycles. The van der Waals surface area contributed by atoms with Gasteiger partial charge in [0.25, 0.3) is 0 Å². The molecule has 104 valence electrons. The molecule has 0 radical (unpaired) electrons. The summed E-state index contributed by atoms with van der Waals surface area (Å²) >= 11 is 0. The average molecular weight is 265 g/mol. The van der Waals surface area contributed by atoms with Crippen LogP contribution in [0.1, 0.15) is 11.5 Å². The molecule has 5 nitrogen and oxygen atoms in total. The van der Waals surface area contributed by atoms with Crippen molar-refractivity contribution in [3.05, 3.63) is 23.8 Å². The highest BCUT2D eigenvalue weighted by molar-refractivity contribution is 5.74. The Hall–Kier alpha value is -1.75. The Bertz CT molecular complexity index is 461. The van der Waals surface area contributed by atoms with Crippen molar-refractivity contribution >= 4 is 5.97 Å². The van der Waals surface area contributed by atoms with Crippen LogP contribution in [0.4, 0.5) is 0 Å². The van der Waals surface area contributed by atoms with Gasteiger partial charge in [0.05, 0.1) is 27.2 Å². The first-order valence-electron chi connectivity index (χ1n) is 6.21. The predicted molar refractivity (Wildman–Crippen MR) is 70.7 cm³/mol. The fraction of sp³-hybridized carbons (Fsp3) is 0.500. The normalized spacial score (nSPS) is 22.1. The molecule has 1 heterocycles. The van der Waals surface area contributed by atoms with Crippen LogP contribution in [-0.4, -0.2) is 40.4 Å². The van der Waals surface area contributed by atoms with Crippen molar-refractivity contribution in [1.29, 1.82) is 0 Å². The standard InChI is InChI=1S/C14H19NO4/c1-17-9-4-5-10(13(6-9)18-2)11-7-15-8-12(11)14(16)19-3/h4-6,11-12,15H,7-8H2,1-3H3/t11-,12+/m0/s1. The lowest BCUT2D eigenvalue weighted by Gasteiger charge is -2.19. The van der Waals surface area contributed by atoms with E-state index in [-0.39, 0.29) is 17.8 Å². The van der Waals surface area contributed by atoms with E-state index >= 15 is 0 Å². The van der Waals surface area contributed by atoms with E-state index in [1.54, 1.807) is 14.2 Å². The Morgan fingerprint density at radius 2 is 2.00 bits per heavy atom. The van der Waals surface area contributed by atoms with E-state index in [4.69, 9.17) is 14.2 Å². The van der Waals surface area contributed by atoms with E-state index in [9.17, 15) is 4.79 Å². The van der Waals surface area contributed by atoms with Gasteiger partial charge >= 0.3 is 5.97 Å². The number of nitrogens with one attached hydrogen (secondary N) is 1. The van der Waals surface area contributed by atoms with Gasteiger partial charge < -0.3 is 19.5 Å². The van der Waals surface area contributed by atoms with Crippen LogP contribution in [0, 0.1) is 5.92 Å². The number of ether oxygens (including phenoxy) is 3. The minimum absolute atomic E-state index is 0.0632. The molecule has 1 aliphatic rings. The maximum atomic E-state index is 11.8. The molecule has 1 fully saturated rings. The molecule has 0 aliphatic carbocycles. The maximum absolute atomic E-state index is 11.8. The van der Waals surface area contributed by atoms with E-state index < -0.39 is 0 Å². The lowest BCUT2D eigenvalue weighted by Crippen LogP contribution is -2.23. The predicted octanol–water partition coefficient (Wildman–Crippen LogP) is 1.18. The summed E-state index contributed by atoms with van der Waals surface area (Å²) < 4.78 is 15.4. The van der Waals surface area contributed by atoms with Gasteiger partial charge in [-0.25, -0.2) is 0 Å². The molecule has 0 saturated carbocycles. The van der Waals surface area contributed by atoms with Crippen molar-refractivity contribution in [3.63, 3.8) is 0 Å². The third-order valence-corrected chi connectivity index (χ3v) is 3.56. The molecule has 0 unspecified atom stereocenters. The van der Waals surface area contributed by atoms with E-state index in [2.05, 4.69) is 5.32 Å². The number of hydrogen-bond acceptors (Lipinski definition) is 5. The van der Waals surface area contributed by atoms with Crippen LogP contribution in [0.15, 0.2) is 18.2 Å². The Kier molecular flexibility index (Phi) is 4.27. The molecule has 1 aromatic rings. The Labute approximate surface area is 112 Å². The summed E-state index contributed by atoms with van der Waals surface area (Å²) in [7, 11) is 4.65. The largest absolute Gasteiger partial charge is 0.497 e. The second-order valence-electron chi connectivity index (χ2n) is 4.50. The van der Waals surface area contributed by atoms with Crippen LogP contribution >= 0.6 is 0 Å². The minimum atomic E-state index is -0.187. The second kappa shape index (κ2) is 5.93. The molecule has 0 aromatic heterocycles. The number of carbonyl (C=O) groups is 1. The Morgan fingerprint density at radius 1 is 1.21 bits per heavy atom. The lowest BCUT2D eigenvalue weighted by molar-refractivity contribution is -0.145. The lowest BCUT2D eigenvalue weighted by atomic mass is 9.88. The van der Waals surface area contributed by atoms with Crippen molar-refractivity contribution < 1.29 is 19.0 Å². The smallest absolute Gasteiger partial charge is 0.310 e. The van der Waals surface area contributed by atoms with Crippen LogP contribution in [0.25, 0.3) is 0 Å². The van der Waals surface area contributed by atoms with Gasteiger partial charge in [0.1, 0.15) is 11.5 Å². The molecule has 1 N–H and O–H groups in total. The van der Waals surface area contributed by atoms with E-state index in [0.717, 1.165) is 23.6 Å². The number of benzene rings is 1. The molecule has 1 aliphatic heterocycles. The molecular weight excluding hydrogens is 246 g/mol. The van der Waals surface area contributed by atoms with Gasteiger partial charge in [-0.2, -0.15) is 0 Å². The van der Waals surface area contributed by atoms with Gasteiger partial charge in [0.2, 0.25) is 0 Å². The number of hydrogen-bond donors (Lipinski definition) is 1. The summed E-state index contributed by atoms with van der Waals surface area (Å²) in [5.74, 6) is 1.18. The van der Waals surface area contributed by atoms with E-state index in [0.29, 0.717) is 6.54 Å². The van der Waals surface area contributed by atoms with Gasteiger partial charge in [-0.15, -0.1) is 0 Å². The highest BCUT2D eigenvalue weighted by Gasteiger charge is 2.36. The van der Waals surface area contributed by atoms with Crippen molar-refractivity contribution in [2.75, 3.05) is 34.4 Å². The third kappa shape index (κ3) is 2.66. The van der Waals surface area contributed by atoms with Crippen molar-refractivity contribution in [2.24, 2.45) is 5.92 Å². The number of carbonyl (C=O) groups excluding carboxylic acids is 1. The van der Waals surface area contributed by atoms with Crippen LogP contribution in [0.5, 0.6) is 11.5 Å². The van der Waals surface area contributed by atoms with Crippen molar-refractivity contribution in [2.45, 2.75) is 5.92 Å². The van der Waals surface area contributed by atoms with Gasteiger partial charge in [-0.05, 0) is 11.6 Å². The Balaban J connectivity index is 2.32. The summed E-state index contributed by atoms with van der Waals surface area (Å²) in [6.45, 7) is 1.37. The Morgan fingerprint density at radius 3 is 2.63 bits per heavy atom. The SMILES string of the molecule is COC(=O)[C@@H]1CNC[C@H]1c1ccc(OC)cc1OC. The molecule has 0 amide bonds. The second-order valence-corrected chi connectivity index (χ2v) is 4.50. The number of rotatable bonds is 4. The van der Waals surface area contributed by atoms with Crippen LogP contribution in [0.2, 0.25) is 0 Å². The highest BCUT2D eigenvalue weighted by atomic mass is 16.5. The first kappa shape index (κ1) is 13.7. The zero-order chi connectivity index (χ0) is 13.8. The molecule has 2 atom stereocenters. The molecule has 5 heteroatoms. The number of esters is 1. The zero-order valence-electron chi connectivity index (χ0n) is 11.4. The highest BCUT2D eigenvalue weighted by Crippen LogP contribution is 2.36. The van der Waals surface area contributed by atoms with Gasteiger partial charge in [-0.1, -0.05) is 6.07 Å². The third-order valence-electron chi connectivity index (χ3n) is 3.56. The van der Waals surface area contributed by atoms with Crippen LogP contribution < -0.4 is 14.8 Å². The summed E-state index contributed by atoms with van der Waals surface area (Å²) in [5.41, 5.74) is 1.00. The summed E-state index contributed by atoms with van der Waals surface area (Å²) in [4.78, 5) is 11.8. The fourth-order valence-electron chi connectivity index (χ4n) is 2.53. The van der Waals surface area contributed by atoms with E-state index in [1.807, 2.05) is 18.2 Å². The summed E-state index contributed by atoms with van der Waals surface area (Å²) in [6.07, 6.45) is 0. The van der Waals surface area contributed by atoms with Gasteiger partial charge in [0.15, 0.2) is 0 Å². The molecule has 1 saturated heterocycles. The monoisotopic (exact) mass is 265 g/mol. The summed E-state index contributed by atoms with van der Waals surface area (Å²) in [6, 6.07) is 5.66. The van der Waals surface area contributed by atoms with Gasteiger partial charge in [0, 0.05) is 25.1 Å². The summed E-state index contributed by atoms with van der Waals surface area (Å²) in [5, 5.41) is 3.23. The first-order valence-corrected chi connectivity index (χ1v) is 6.21. The molecule has 0 spiro atoms. The van der Waals surface area contributed by atoms with Crippen molar-refractivity contribution in [3.8, 4) is 11.5 Å². The topological polar surface area (TPSA) is 56.8 Å². The minimum Gasteiger partial charge on any atom is -0.497 e. The first-order chi connectivity index (χ1) is 9.21. The quantitative estimate of drug-likeness (QED) is 0.828.